The number of hydrogen-bond acceptors (Lipinski definition) is 2. The molecule has 0 radical (unpaired) electrons. The molecule has 2 N–H and O–H groups in total. The van der Waals surface area contributed by atoms with Crippen LogP contribution >= 0.6 is 23.2 Å². The Balaban J connectivity index is 1.60. The normalized spacial score (nSPS) is 10.5. The molecule has 0 saturated carbocycles. The Morgan fingerprint density at radius 1 is 1.00 bits per heavy atom. The van der Waals surface area contributed by atoms with Crippen LogP contribution in [0.3, 0.4) is 0 Å². The van der Waals surface area contributed by atoms with Crippen molar-refractivity contribution in [3.63, 3.8) is 0 Å². The minimum absolute atomic E-state index is 0.00299. The molecule has 0 unspecified atom stereocenters. The smallest absolute Gasteiger partial charge is 0.221 e. The fraction of sp³-hybridized carbons (Fsp3) is 0.278. The van der Waals surface area contributed by atoms with Gasteiger partial charge in [-0.2, -0.15) is 0 Å². The van der Waals surface area contributed by atoms with E-state index < -0.39 is 0 Å². The van der Waals surface area contributed by atoms with Crippen LogP contribution in [0.5, 0.6) is 0 Å². The van der Waals surface area contributed by atoms with Crippen LogP contribution in [0, 0.1) is 0 Å². The summed E-state index contributed by atoms with van der Waals surface area (Å²) in [5, 5.41) is 7.30. The SMILES string of the molecule is O=C(CCNCCc1ccccc1)NCc1ccc(Cl)cc1Cl. The Hall–Kier alpha value is -1.55. The van der Waals surface area contributed by atoms with Crippen LogP contribution in [0.1, 0.15) is 17.5 Å². The second-order valence-corrected chi connectivity index (χ2v) is 6.09. The third kappa shape index (κ3) is 6.61. The number of carbonyl (C=O) groups is 1. The maximum atomic E-state index is 11.8. The quantitative estimate of drug-likeness (QED) is 0.710. The van der Waals surface area contributed by atoms with Gasteiger partial charge in [-0.05, 0) is 36.2 Å². The predicted molar refractivity (Wildman–Crippen MR) is 95.9 cm³/mol. The third-order valence-electron chi connectivity index (χ3n) is 3.45. The summed E-state index contributed by atoms with van der Waals surface area (Å²) in [6, 6.07) is 15.5. The van der Waals surface area contributed by atoms with E-state index in [4.69, 9.17) is 23.2 Å². The van der Waals surface area contributed by atoms with Gasteiger partial charge in [0.15, 0.2) is 0 Å². The van der Waals surface area contributed by atoms with E-state index in [2.05, 4.69) is 22.8 Å². The molecule has 23 heavy (non-hydrogen) atoms. The molecular formula is C18H20Cl2N2O. The van der Waals surface area contributed by atoms with E-state index >= 15 is 0 Å². The van der Waals surface area contributed by atoms with E-state index in [-0.39, 0.29) is 5.91 Å². The molecule has 2 rings (SSSR count). The average molecular weight is 351 g/mol. The number of nitrogens with one attached hydrogen (secondary N) is 2. The van der Waals surface area contributed by atoms with Gasteiger partial charge in [0.05, 0.1) is 0 Å². The van der Waals surface area contributed by atoms with E-state index in [1.54, 1.807) is 12.1 Å². The van der Waals surface area contributed by atoms with Crippen LogP contribution in [-0.2, 0) is 17.8 Å². The molecular weight excluding hydrogens is 331 g/mol. The molecule has 0 aliphatic rings. The van der Waals surface area contributed by atoms with Crippen molar-refractivity contribution in [2.24, 2.45) is 0 Å². The monoisotopic (exact) mass is 350 g/mol. The van der Waals surface area contributed by atoms with E-state index in [0.29, 0.717) is 29.6 Å². The van der Waals surface area contributed by atoms with Gasteiger partial charge in [-0.15, -0.1) is 0 Å². The fourth-order valence-electron chi connectivity index (χ4n) is 2.15. The number of halogens is 2. The van der Waals surface area contributed by atoms with Gasteiger partial charge < -0.3 is 10.6 Å². The minimum atomic E-state index is 0.00299. The lowest BCUT2D eigenvalue weighted by atomic mass is 10.1. The van der Waals surface area contributed by atoms with Crippen molar-refractivity contribution >= 4 is 29.1 Å². The molecule has 0 saturated heterocycles. The number of amides is 1. The molecule has 0 aliphatic heterocycles. The largest absolute Gasteiger partial charge is 0.352 e. The maximum absolute atomic E-state index is 11.8. The van der Waals surface area contributed by atoms with Crippen molar-refractivity contribution in [1.82, 2.24) is 10.6 Å². The Bertz CT molecular complexity index is 632. The van der Waals surface area contributed by atoms with Gasteiger partial charge in [-0.25, -0.2) is 0 Å². The van der Waals surface area contributed by atoms with Crippen molar-refractivity contribution in [2.75, 3.05) is 13.1 Å². The number of carbonyl (C=O) groups excluding carboxylic acids is 1. The first kappa shape index (κ1) is 17.8. The number of hydrogen-bond donors (Lipinski definition) is 2. The summed E-state index contributed by atoms with van der Waals surface area (Å²) in [7, 11) is 0. The topological polar surface area (TPSA) is 41.1 Å². The average Bonchev–Trinajstić information content (AvgIpc) is 2.54. The van der Waals surface area contributed by atoms with Gasteiger partial charge in [0.1, 0.15) is 0 Å². The van der Waals surface area contributed by atoms with Crippen LogP contribution in [-0.4, -0.2) is 19.0 Å². The standard InChI is InChI=1S/C18H20Cl2N2O/c19-16-7-6-15(17(20)12-16)13-22-18(23)9-11-21-10-8-14-4-2-1-3-5-14/h1-7,12,21H,8-11,13H2,(H,22,23). The molecule has 0 spiro atoms. The molecule has 0 heterocycles. The zero-order chi connectivity index (χ0) is 16.5. The minimum Gasteiger partial charge on any atom is -0.352 e. The fourth-order valence-corrected chi connectivity index (χ4v) is 2.63. The summed E-state index contributed by atoms with van der Waals surface area (Å²) in [6.45, 7) is 1.94. The lowest BCUT2D eigenvalue weighted by Crippen LogP contribution is -2.28. The zero-order valence-electron chi connectivity index (χ0n) is 12.8. The van der Waals surface area contributed by atoms with Crippen LogP contribution in [0.25, 0.3) is 0 Å². The van der Waals surface area contributed by atoms with Crippen LogP contribution in [0.4, 0.5) is 0 Å². The molecule has 0 bridgehead atoms. The van der Waals surface area contributed by atoms with Gasteiger partial charge in [0.2, 0.25) is 5.91 Å². The summed E-state index contributed by atoms with van der Waals surface area (Å²) >= 11 is 11.9. The molecule has 0 fully saturated rings. The van der Waals surface area contributed by atoms with Crippen LogP contribution in [0.15, 0.2) is 48.5 Å². The summed E-state index contributed by atoms with van der Waals surface area (Å²) in [5.41, 5.74) is 2.16. The first-order valence-electron chi connectivity index (χ1n) is 7.60. The van der Waals surface area contributed by atoms with Gasteiger partial charge in [0, 0.05) is 29.6 Å². The highest BCUT2D eigenvalue weighted by Crippen LogP contribution is 2.20. The Kier molecular flexibility index (Phi) is 7.40. The van der Waals surface area contributed by atoms with E-state index in [0.717, 1.165) is 18.5 Å². The molecule has 0 aromatic heterocycles. The highest BCUT2D eigenvalue weighted by molar-refractivity contribution is 6.35. The third-order valence-corrected chi connectivity index (χ3v) is 4.04. The molecule has 122 valence electrons. The summed E-state index contributed by atoms with van der Waals surface area (Å²) in [4.78, 5) is 11.8. The van der Waals surface area contributed by atoms with Gasteiger partial charge in [0.25, 0.3) is 0 Å². The molecule has 1 amide bonds. The number of rotatable bonds is 8. The summed E-state index contributed by atoms with van der Waals surface area (Å²) < 4.78 is 0. The van der Waals surface area contributed by atoms with Crippen molar-refractivity contribution in [3.05, 3.63) is 69.7 Å². The lowest BCUT2D eigenvalue weighted by Gasteiger charge is -2.08. The van der Waals surface area contributed by atoms with Gasteiger partial charge in [-0.1, -0.05) is 59.6 Å². The molecule has 0 aliphatic carbocycles. The van der Waals surface area contributed by atoms with Crippen molar-refractivity contribution in [1.29, 1.82) is 0 Å². The first-order valence-corrected chi connectivity index (χ1v) is 8.36. The van der Waals surface area contributed by atoms with Crippen LogP contribution < -0.4 is 10.6 Å². The lowest BCUT2D eigenvalue weighted by molar-refractivity contribution is -0.121. The van der Waals surface area contributed by atoms with E-state index in [9.17, 15) is 4.79 Å². The highest BCUT2D eigenvalue weighted by Gasteiger charge is 2.04. The molecule has 2 aromatic carbocycles. The Morgan fingerprint density at radius 2 is 1.78 bits per heavy atom. The summed E-state index contributed by atoms with van der Waals surface area (Å²) in [6.07, 6.45) is 1.41. The second kappa shape index (κ2) is 9.56. The molecule has 3 nitrogen and oxygen atoms in total. The van der Waals surface area contributed by atoms with E-state index in [1.807, 2.05) is 24.3 Å². The van der Waals surface area contributed by atoms with Gasteiger partial charge in [-0.3, -0.25) is 4.79 Å². The first-order chi connectivity index (χ1) is 11.1. The molecule has 2 aromatic rings. The molecule has 5 heteroatoms. The Morgan fingerprint density at radius 3 is 2.52 bits per heavy atom. The predicted octanol–water partition coefficient (Wildman–Crippen LogP) is 3.83. The van der Waals surface area contributed by atoms with Crippen molar-refractivity contribution in [2.45, 2.75) is 19.4 Å². The second-order valence-electron chi connectivity index (χ2n) is 5.25. The highest BCUT2D eigenvalue weighted by atomic mass is 35.5. The van der Waals surface area contributed by atoms with E-state index in [1.165, 1.54) is 5.56 Å². The molecule has 0 atom stereocenters. The van der Waals surface area contributed by atoms with Crippen molar-refractivity contribution < 1.29 is 4.79 Å². The van der Waals surface area contributed by atoms with Gasteiger partial charge >= 0.3 is 0 Å². The Labute approximate surface area is 147 Å². The zero-order valence-corrected chi connectivity index (χ0v) is 14.3. The number of benzene rings is 2. The van der Waals surface area contributed by atoms with Crippen molar-refractivity contribution in [3.8, 4) is 0 Å². The van der Waals surface area contributed by atoms with Crippen LogP contribution in [0.2, 0.25) is 10.0 Å². The summed E-state index contributed by atoms with van der Waals surface area (Å²) in [5.74, 6) is 0.00299. The maximum Gasteiger partial charge on any atom is 0.221 e.